The normalized spacial score (nSPS) is 13.9. The Kier molecular flexibility index (Phi) is 3.90. The summed E-state index contributed by atoms with van der Waals surface area (Å²) in [4.78, 5) is 15.3. The maximum absolute atomic E-state index is 11.2. The summed E-state index contributed by atoms with van der Waals surface area (Å²) in [6.07, 6.45) is 0.711. The molecule has 0 aliphatic rings. The highest BCUT2D eigenvalue weighted by Crippen LogP contribution is 2.27. The molecule has 1 unspecified atom stereocenters. The number of carboxylic acid groups (broad SMARTS) is 1. The molecule has 1 heterocycles. The van der Waals surface area contributed by atoms with Crippen LogP contribution in [-0.4, -0.2) is 33.3 Å². The minimum Gasteiger partial charge on any atom is -0.477 e. The molecule has 0 bridgehead atoms. The molecule has 0 radical (unpaired) electrons. The van der Waals surface area contributed by atoms with Crippen LogP contribution in [0.3, 0.4) is 0 Å². The lowest BCUT2D eigenvalue weighted by atomic mass is 9.99. The van der Waals surface area contributed by atoms with E-state index in [0.29, 0.717) is 17.6 Å². The van der Waals surface area contributed by atoms with Crippen LogP contribution in [0.4, 0.5) is 5.69 Å². The van der Waals surface area contributed by atoms with E-state index in [1.54, 1.807) is 6.07 Å². The number of benzene rings is 1. The standard InChI is InChI=1S/C15H18N2O3/c1-3-15(2,9-18)17-12-8-13(14(19)20)16-11-7-5-4-6-10(11)12/h4-8,18H,3,9H2,1-2H3,(H,16,17)(H,19,20). The van der Waals surface area contributed by atoms with E-state index in [2.05, 4.69) is 10.3 Å². The van der Waals surface area contributed by atoms with Crippen molar-refractivity contribution in [2.24, 2.45) is 0 Å². The van der Waals surface area contributed by atoms with Crippen molar-refractivity contribution in [2.45, 2.75) is 25.8 Å². The molecule has 1 aromatic carbocycles. The number of fused-ring (bicyclic) bond motifs is 1. The van der Waals surface area contributed by atoms with Gasteiger partial charge in [-0.1, -0.05) is 25.1 Å². The third-order valence-electron chi connectivity index (χ3n) is 3.50. The molecular formula is C15H18N2O3. The number of nitrogens with one attached hydrogen (secondary N) is 1. The Morgan fingerprint density at radius 3 is 2.70 bits per heavy atom. The molecule has 0 amide bonds. The minimum absolute atomic E-state index is 0.0115. The molecule has 0 spiro atoms. The second kappa shape index (κ2) is 5.46. The first kappa shape index (κ1) is 14.3. The van der Waals surface area contributed by atoms with Gasteiger partial charge in [-0.05, 0) is 25.5 Å². The molecule has 20 heavy (non-hydrogen) atoms. The number of aromatic nitrogens is 1. The van der Waals surface area contributed by atoms with E-state index >= 15 is 0 Å². The summed E-state index contributed by atoms with van der Waals surface area (Å²) in [6.45, 7) is 3.82. The Morgan fingerprint density at radius 1 is 1.40 bits per heavy atom. The number of aliphatic hydroxyl groups is 1. The number of pyridine rings is 1. The van der Waals surface area contributed by atoms with Crippen molar-refractivity contribution in [3.63, 3.8) is 0 Å². The fourth-order valence-electron chi connectivity index (χ4n) is 1.95. The van der Waals surface area contributed by atoms with Gasteiger partial charge in [0.2, 0.25) is 0 Å². The van der Waals surface area contributed by atoms with Gasteiger partial charge >= 0.3 is 5.97 Å². The summed E-state index contributed by atoms with van der Waals surface area (Å²) in [5, 5.41) is 22.7. The number of aromatic carboxylic acids is 1. The molecule has 0 saturated heterocycles. The van der Waals surface area contributed by atoms with Crippen LogP contribution in [0.25, 0.3) is 10.9 Å². The largest absolute Gasteiger partial charge is 0.477 e. The third-order valence-corrected chi connectivity index (χ3v) is 3.50. The fourth-order valence-corrected chi connectivity index (χ4v) is 1.95. The Balaban J connectivity index is 2.58. The van der Waals surface area contributed by atoms with Crippen LogP contribution in [0.1, 0.15) is 30.8 Å². The van der Waals surface area contributed by atoms with Crippen LogP contribution in [0.5, 0.6) is 0 Å². The zero-order valence-corrected chi connectivity index (χ0v) is 11.6. The maximum atomic E-state index is 11.2. The first-order valence-electron chi connectivity index (χ1n) is 6.51. The Bertz CT molecular complexity index is 636. The van der Waals surface area contributed by atoms with Crippen molar-refractivity contribution in [3.05, 3.63) is 36.0 Å². The van der Waals surface area contributed by atoms with E-state index in [-0.39, 0.29) is 12.3 Å². The van der Waals surface area contributed by atoms with E-state index in [0.717, 1.165) is 5.39 Å². The van der Waals surface area contributed by atoms with Crippen LogP contribution in [0.15, 0.2) is 30.3 Å². The second-order valence-electron chi connectivity index (χ2n) is 5.07. The van der Waals surface area contributed by atoms with E-state index < -0.39 is 11.5 Å². The van der Waals surface area contributed by atoms with Crippen molar-refractivity contribution >= 4 is 22.6 Å². The van der Waals surface area contributed by atoms with Crippen LogP contribution in [0, 0.1) is 0 Å². The highest BCUT2D eigenvalue weighted by atomic mass is 16.4. The first-order chi connectivity index (χ1) is 9.49. The highest BCUT2D eigenvalue weighted by molar-refractivity contribution is 5.97. The fraction of sp³-hybridized carbons (Fsp3) is 0.333. The molecule has 0 saturated carbocycles. The number of anilines is 1. The summed E-state index contributed by atoms with van der Waals surface area (Å²) < 4.78 is 0. The summed E-state index contributed by atoms with van der Waals surface area (Å²) >= 11 is 0. The molecule has 1 atom stereocenters. The number of hydrogen-bond acceptors (Lipinski definition) is 4. The van der Waals surface area contributed by atoms with Crippen molar-refractivity contribution < 1.29 is 15.0 Å². The van der Waals surface area contributed by atoms with Gasteiger partial charge in [0.05, 0.1) is 17.7 Å². The van der Waals surface area contributed by atoms with Crippen LogP contribution in [-0.2, 0) is 0 Å². The van der Waals surface area contributed by atoms with E-state index in [9.17, 15) is 9.90 Å². The van der Waals surface area contributed by atoms with Gasteiger partial charge in [0.1, 0.15) is 0 Å². The summed E-state index contributed by atoms with van der Waals surface area (Å²) in [5.74, 6) is -1.07. The molecule has 1 aromatic heterocycles. The molecule has 3 N–H and O–H groups in total. The van der Waals surface area contributed by atoms with Gasteiger partial charge in [-0.3, -0.25) is 0 Å². The van der Waals surface area contributed by atoms with Crippen molar-refractivity contribution in [1.29, 1.82) is 0 Å². The monoisotopic (exact) mass is 274 g/mol. The van der Waals surface area contributed by atoms with Crippen molar-refractivity contribution in [3.8, 4) is 0 Å². The van der Waals surface area contributed by atoms with Gasteiger partial charge in [0.15, 0.2) is 5.69 Å². The Hall–Kier alpha value is -2.14. The molecular weight excluding hydrogens is 256 g/mol. The molecule has 5 nitrogen and oxygen atoms in total. The van der Waals surface area contributed by atoms with Gasteiger partial charge in [-0.15, -0.1) is 0 Å². The SMILES string of the molecule is CCC(C)(CO)Nc1cc(C(=O)O)nc2ccccc12. The Morgan fingerprint density at radius 2 is 2.10 bits per heavy atom. The minimum atomic E-state index is -1.07. The number of para-hydroxylation sites is 1. The van der Waals surface area contributed by atoms with Gasteiger partial charge < -0.3 is 15.5 Å². The topological polar surface area (TPSA) is 82.5 Å². The predicted molar refractivity (Wildman–Crippen MR) is 78.1 cm³/mol. The van der Waals surface area contributed by atoms with Crippen molar-refractivity contribution in [2.75, 3.05) is 11.9 Å². The van der Waals surface area contributed by atoms with Crippen LogP contribution >= 0.6 is 0 Å². The predicted octanol–water partition coefficient (Wildman–Crippen LogP) is 2.51. The average molecular weight is 274 g/mol. The molecule has 0 aliphatic carbocycles. The molecule has 2 rings (SSSR count). The molecule has 106 valence electrons. The molecule has 2 aromatic rings. The number of hydrogen-bond donors (Lipinski definition) is 3. The zero-order chi connectivity index (χ0) is 14.8. The number of carbonyl (C=O) groups is 1. The van der Waals surface area contributed by atoms with Gasteiger partial charge in [0.25, 0.3) is 0 Å². The van der Waals surface area contributed by atoms with Gasteiger partial charge in [-0.2, -0.15) is 0 Å². The second-order valence-corrected chi connectivity index (χ2v) is 5.07. The van der Waals surface area contributed by atoms with Crippen LogP contribution in [0.2, 0.25) is 0 Å². The average Bonchev–Trinajstić information content (AvgIpc) is 2.46. The van der Waals surface area contributed by atoms with Crippen LogP contribution < -0.4 is 5.32 Å². The number of carboxylic acids is 1. The van der Waals surface area contributed by atoms with E-state index in [1.807, 2.05) is 32.0 Å². The number of nitrogens with zero attached hydrogens (tertiary/aromatic N) is 1. The summed E-state index contributed by atoms with van der Waals surface area (Å²) in [6, 6.07) is 8.85. The maximum Gasteiger partial charge on any atom is 0.354 e. The number of rotatable bonds is 5. The van der Waals surface area contributed by atoms with E-state index in [4.69, 9.17) is 5.11 Å². The lowest BCUT2D eigenvalue weighted by Gasteiger charge is -2.29. The highest BCUT2D eigenvalue weighted by Gasteiger charge is 2.22. The zero-order valence-electron chi connectivity index (χ0n) is 11.6. The van der Waals surface area contributed by atoms with E-state index in [1.165, 1.54) is 6.07 Å². The Labute approximate surface area is 117 Å². The molecule has 0 aliphatic heterocycles. The lowest BCUT2D eigenvalue weighted by molar-refractivity contribution is 0.0691. The number of aliphatic hydroxyl groups excluding tert-OH is 1. The quantitative estimate of drug-likeness (QED) is 0.780. The van der Waals surface area contributed by atoms with Crippen molar-refractivity contribution in [1.82, 2.24) is 4.98 Å². The first-order valence-corrected chi connectivity index (χ1v) is 6.51. The van der Waals surface area contributed by atoms with Gasteiger partial charge in [-0.25, -0.2) is 9.78 Å². The molecule has 0 fully saturated rings. The molecule has 5 heteroatoms. The third kappa shape index (κ3) is 2.72. The van der Waals surface area contributed by atoms with Gasteiger partial charge in [0, 0.05) is 11.1 Å². The lowest BCUT2D eigenvalue weighted by Crippen LogP contribution is -2.38. The summed E-state index contributed by atoms with van der Waals surface area (Å²) in [7, 11) is 0. The summed E-state index contributed by atoms with van der Waals surface area (Å²) in [5.41, 5.74) is 0.778. The smallest absolute Gasteiger partial charge is 0.354 e.